The van der Waals surface area contributed by atoms with E-state index >= 15 is 0 Å². The first kappa shape index (κ1) is 14.4. The van der Waals surface area contributed by atoms with Gasteiger partial charge in [-0.2, -0.15) is 5.26 Å². The van der Waals surface area contributed by atoms with Crippen LogP contribution in [0.5, 0.6) is 0 Å². The monoisotopic (exact) mass is 275 g/mol. The lowest BCUT2D eigenvalue weighted by Gasteiger charge is -2.32. The third kappa shape index (κ3) is 3.35. The van der Waals surface area contributed by atoms with E-state index in [2.05, 4.69) is 23.2 Å². The summed E-state index contributed by atoms with van der Waals surface area (Å²) in [6.45, 7) is 4.45. The minimum atomic E-state index is -0.315. The minimum absolute atomic E-state index is 0.315. The van der Waals surface area contributed by atoms with Gasteiger partial charge in [0, 0.05) is 18.6 Å². The quantitative estimate of drug-likeness (QED) is 0.809. The smallest absolute Gasteiger partial charge is 0.105 e. The average molecular weight is 275 g/mol. The SMILES string of the molecule is CC(C#N)(CCN1CCCC1C1CCCC1)NC1CC1. The summed E-state index contributed by atoms with van der Waals surface area (Å²) in [4.78, 5) is 2.69. The summed E-state index contributed by atoms with van der Waals surface area (Å²) in [5.74, 6) is 0.947. The molecule has 3 rings (SSSR count). The van der Waals surface area contributed by atoms with Gasteiger partial charge >= 0.3 is 0 Å². The van der Waals surface area contributed by atoms with Gasteiger partial charge in [0.2, 0.25) is 0 Å². The van der Waals surface area contributed by atoms with Crippen molar-refractivity contribution in [2.75, 3.05) is 13.1 Å². The van der Waals surface area contributed by atoms with Crippen molar-refractivity contribution < 1.29 is 0 Å². The van der Waals surface area contributed by atoms with E-state index in [1.165, 1.54) is 57.9 Å². The zero-order valence-corrected chi connectivity index (χ0v) is 12.9. The molecule has 1 heterocycles. The second-order valence-electron chi connectivity index (χ2n) is 7.40. The van der Waals surface area contributed by atoms with Crippen LogP contribution in [0.1, 0.15) is 64.7 Å². The van der Waals surface area contributed by atoms with Crippen LogP contribution in [-0.4, -0.2) is 35.6 Å². The van der Waals surface area contributed by atoms with E-state index in [0.717, 1.165) is 24.9 Å². The normalized spacial score (nSPS) is 31.3. The molecule has 2 saturated carbocycles. The maximum absolute atomic E-state index is 9.48. The van der Waals surface area contributed by atoms with Gasteiger partial charge in [-0.15, -0.1) is 0 Å². The molecule has 3 fully saturated rings. The van der Waals surface area contributed by atoms with Gasteiger partial charge in [-0.25, -0.2) is 0 Å². The molecule has 2 unspecified atom stereocenters. The van der Waals surface area contributed by atoms with E-state index in [0.29, 0.717) is 6.04 Å². The molecule has 3 heteroatoms. The number of nitrogens with zero attached hydrogens (tertiary/aromatic N) is 2. The maximum Gasteiger partial charge on any atom is 0.105 e. The molecule has 2 atom stereocenters. The number of likely N-dealkylation sites (tertiary alicyclic amines) is 1. The molecule has 1 saturated heterocycles. The predicted molar refractivity (Wildman–Crippen MR) is 81.3 cm³/mol. The van der Waals surface area contributed by atoms with Crippen molar-refractivity contribution in [2.45, 2.75) is 82.3 Å². The van der Waals surface area contributed by atoms with E-state index in [9.17, 15) is 5.26 Å². The molecule has 0 aromatic rings. The van der Waals surface area contributed by atoms with Gasteiger partial charge in [0.1, 0.15) is 5.54 Å². The minimum Gasteiger partial charge on any atom is -0.300 e. The Labute approximate surface area is 123 Å². The molecule has 0 bridgehead atoms. The summed E-state index contributed by atoms with van der Waals surface area (Å²) < 4.78 is 0. The first-order valence-corrected chi connectivity index (χ1v) is 8.63. The number of rotatable bonds is 6. The van der Waals surface area contributed by atoms with Crippen LogP contribution < -0.4 is 5.32 Å². The predicted octanol–water partition coefficient (Wildman–Crippen LogP) is 3.07. The van der Waals surface area contributed by atoms with Crippen LogP contribution in [0.2, 0.25) is 0 Å². The second-order valence-corrected chi connectivity index (χ2v) is 7.40. The number of hydrogen-bond acceptors (Lipinski definition) is 3. The molecule has 0 spiro atoms. The lowest BCUT2D eigenvalue weighted by molar-refractivity contribution is 0.176. The van der Waals surface area contributed by atoms with Crippen LogP contribution >= 0.6 is 0 Å². The Bertz CT molecular complexity index is 365. The molecule has 1 aliphatic heterocycles. The van der Waals surface area contributed by atoms with Crippen molar-refractivity contribution in [1.82, 2.24) is 10.2 Å². The standard InChI is InChI=1S/C17H29N3/c1-17(13-18,19-15-8-9-15)10-12-20-11-4-7-16(20)14-5-2-3-6-14/h14-16,19H,2-12H2,1H3. The van der Waals surface area contributed by atoms with Crippen molar-refractivity contribution in [3.05, 3.63) is 0 Å². The van der Waals surface area contributed by atoms with Crippen LogP contribution in [0.25, 0.3) is 0 Å². The Balaban J connectivity index is 1.52. The zero-order valence-electron chi connectivity index (χ0n) is 12.9. The fourth-order valence-electron chi connectivity index (χ4n) is 4.21. The topological polar surface area (TPSA) is 39.1 Å². The highest BCUT2D eigenvalue weighted by Gasteiger charge is 2.36. The lowest BCUT2D eigenvalue weighted by atomic mass is 9.94. The molecule has 112 valence electrons. The average Bonchev–Trinajstić information content (AvgIpc) is 2.97. The van der Waals surface area contributed by atoms with Crippen LogP contribution in [-0.2, 0) is 0 Å². The Morgan fingerprint density at radius 3 is 2.55 bits per heavy atom. The molecule has 3 aliphatic rings. The molecule has 0 aromatic carbocycles. The van der Waals surface area contributed by atoms with E-state index in [1.54, 1.807) is 0 Å². The highest BCUT2D eigenvalue weighted by molar-refractivity contribution is 5.07. The molecule has 0 amide bonds. The molecule has 1 N–H and O–H groups in total. The van der Waals surface area contributed by atoms with Gasteiger partial charge in [0.25, 0.3) is 0 Å². The Kier molecular flexibility index (Phi) is 4.33. The maximum atomic E-state index is 9.48. The first-order chi connectivity index (χ1) is 9.70. The third-order valence-corrected chi connectivity index (χ3v) is 5.60. The van der Waals surface area contributed by atoms with Crippen molar-refractivity contribution in [3.63, 3.8) is 0 Å². The lowest BCUT2D eigenvalue weighted by Crippen LogP contribution is -2.46. The van der Waals surface area contributed by atoms with Crippen LogP contribution in [0, 0.1) is 17.2 Å². The highest BCUT2D eigenvalue weighted by Crippen LogP contribution is 2.35. The molecule has 3 nitrogen and oxygen atoms in total. The van der Waals surface area contributed by atoms with Gasteiger partial charge in [0.15, 0.2) is 0 Å². The fourth-order valence-corrected chi connectivity index (χ4v) is 4.21. The van der Waals surface area contributed by atoms with Crippen molar-refractivity contribution in [2.24, 2.45) is 5.92 Å². The second kappa shape index (κ2) is 6.03. The van der Waals surface area contributed by atoms with E-state index < -0.39 is 0 Å². The van der Waals surface area contributed by atoms with Gasteiger partial charge in [-0.1, -0.05) is 12.8 Å². The molecule has 2 aliphatic carbocycles. The van der Waals surface area contributed by atoms with Crippen LogP contribution in [0.3, 0.4) is 0 Å². The van der Waals surface area contributed by atoms with Gasteiger partial charge in [-0.05, 0) is 64.3 Å². The van der Waals surface area contributed by atoms with Crippen LogP contribution in [0.4, 0.5) is 0 Å². The Morgan fingerprint density at radius 2 is 1.90 bits per heavy atom. The van der Waals surface area contributed by atoms with Crippen LogP contribution in [0.15, 0.2) is 0 Å². The highest BCUT2D eigenvalue weighted by atomic mass is 15.2. The Hall–Kier alpha value is -0.590. The number of nitrogens with one attached hydrogen (secondary N) is 1. The third-order valence-electron chi connectivity index (χ3n) is 5.60. The molecule has 0 aromatic heterocycles. The summed E-state index contributed by atoms with van der Waals surface area (Å²) in [5.41, 5.74) is -0.315. The van der Waals surface area contributed by atoms with Crippen molar-refractivity contribution in [1.29, 1.82) is 5.26 Å². The summed E-state index contributed by atoms with van der Waals surface area (Å²) >= 11 is 0. The Morgan fingerprint density at radius 1 is 1.15 bits per heavy atom. The zero-order chi connectivity index (χ0) is 14.0. The fraction of sp³-hybridized carbons (Fsp3) is 0.941. The summed E-state index contributed by atoms with van der Waals surface area (Å²) in [7, 11) is 0. The van der Waals surface area contributed by atoms with E-state index in [4.69, 9.17) is 0 Å². The summed E-state index contributed by atoms with van der Waals surface area (Å²) in [5, 5.41) is 13.0. The van der Waals surface area contributed by atoms with E-state index in [1.807, 2.05) is 0 Å². The first-order valence-electron chi connectivity index (χ1n) is 8.63. The van der Waals surface area contributed by atoms with Crippen molar-refractivity contribution in [3.8, 4) is 6.07 Å². The number of nitriles is 1. The van der Waals surface area contributed by atoms with Crippen molar-refractivity contribution >= 4 is 0 Å². The molecule has 20 heavy (non-hydrogen) atoms. The van der Waals surface area contributed by atoms with E-state index in [-0.39, 0.29) is 5.54 Å². The van der Waals surface area contributed by atoms with Gasteiger partial charge < -0.3 is 4.90 Å². The van der Waals surface area contributed by atoms with Gasteiger partial charge in [-0.3, -0.25) is 5.32 Å². The summed E-state index contributed by atoms with van der Waals surface area (Å²) in [6.07, 6.45) is 12.0. The molecular formula is C17H29N3. The van der Waals surface area contributed by atoms with Gasteiger partial charge in [0.05, 0.1) is 6.07 Å². The summed E-state index contributed by atoms with van der Waals surface area (Å²) in [6, 6.07) is 3.96. The largest absolute Gasteiger partial charge is 0.300 e. The number of hydrogen-bond donors (Lipinski definition) is 1. The molecule has 0 radical (unpaired) electrons. The molecular weight excluding hydrogens is 246 g/mol.